The number of pyridine rings is 1. The van der Waals surface area contributed by atoms with Crippen LogP contribution in [0.25, 0.3) is 21.7 Å². The number of hydrogen-bond donors (Lipinski definition) is 4. The lowest BCUT2D eigenvalue weighted by Crippen LogP contribution is -2.54. The minimum atomic E-state index is -0.803. The Balaban J connectivity index is 0.624. The lowest BCUT2D eigenvalue weighted by Gasteiger charge is -2.43. The van der Waals surface area contributed by atoms with Gasteiger partial charge in [-0.1, -0.05) is 55.4 Å². The molecule has 0 saturated carbocycles. The van der Waals surface area contributed by atoms with E-state index in [2.05, 4.69) is 62.4 Å². The fraction of sp³-hybridized carbons (Fsp3) is 0.500. The van der Waals surface area contributed by atoms with E-state index in [0.717, 1.165) is 123 Å². The third-order valence-corrected chi connectivity index (χ3v) is 17.8. The highest BCUT2D eigenvalue weighted by molar-refractivity contribution is 7.13. The molecule has 18 nitrogen and oxygen atoms in total. The van der Waals surface area contributed by atoms with Crippen molar-refractivity contribution in [2.75, 3.05) is 79.4 Å². The van der Waals surface area contributed by atoms with Gasteiger partial charge in [-0.25, -0.2) is 9.97 Å². The number of piperazine rings is 1. The normalized spacial score (nSPS) is 22.2. The summed E-state index contributed by atoms with van der Waals surface area (Å²) in [6.07, 6.45) is 7.67. The zero-order valence-corrected chi connectivity index (χ0v) is 45.4. The predicted molar refractivity (Wildman–Crippen MR) is 298 cm³/mol. The van der Waals surface area contributed by atoms with Gasteiger partial charge in [-0.2, -0.15) is 0 Å². The minimum Gasteiger partial charge on any atom is -0.507 e. The monoisotopic (exact) mass is 1060 g/mol. The Morgan fingerprint density at radius 2 is 1.61 bits per heavy atom. The number of β-amino-alcohol motifs (C(OH)–C–C–N with tert-alkyl or cyclic N) is 1. The number of aryl methyl sites for hydroxylation is 1. The van der Waals surface area contributed by atoms with E-state index >= 15 is 0 Å². The molecule has 4 aromatic heterocycles. The smallest absolute Gasteiger partial charge is 0.243 e. The number of benzene rings is 2. The van der Waals surface area contributed by atoms with Crippen LogP contribution in [0.2, 0.25) is 0 Å². The topological polar surface area (TPSA) is 216 Å². The first kappa shape index (κ1) is 52.2. The molecule has 5 aliphatic rings. The molecule has 0 aliphatic carbocycles. The lowest BCUT2D eigenvalue weighted by atomic mass is 9.91. The lowest BCUT2D eigenvalue weighted by molar-refractivity contribution is -0.141. The van der Waals surface area contributed by atoms with E-state index in [0.29, 0.717) is 59.2 Å². The average molecular weight is 1070 g/mol. The van der Waals surface area contributed by atoms with Crippen molar-refractivity contribution < 1.29 is 29.1 Å². The molecule has 9 heterocycles. The summed E-state index contributed by atoms with van der Waals surface area (Å²) >= 11 is 1.60. The number of nitrogens with zero attached hydrogens (tertiary/aromatic N) is 10. The number of aliphatic hydroxyl groups is 1. The van der Waals surface area contributed by atoms with E-state index in [1.54, 1.807) is 23.5 Å². The fourth-order valence-electron chi connectivity index (χ4n) is 12.6. The largest absolute Gasteiger partial charge is 0.507 e. The van der Waals surface area contributed by atoms with Gasteiger partial charge >= 0.3 is 0 Å². The fourth-order valence-corrected chi connectivity index (χ4v) is 13.4. The highest BCUT2D eigenvalue weighted by Gasteiger charge is 2.44. The average Bonchev–Trinajstić information content (AvgIpc) is 4.32. The number of piperidine rings is 2. The number of hydrogen-bond acceptors (Lipinski definition) is 17. The quantitative estimate of drug-likeness (QED) is 0.0731. The van der Waals surface area contributed by atoms with Crippen molar-refractivity contribution in [3.63, 3.8) is 0 Å². The highest BCUT2D eigenvalue weighted by Crippen LogP contribution is 2.40. The standard InChI is InChI=1S/C58H72N12O6S/c1-35(2)54(58(74)69-32-45(71)26-49(69)57(73)62-36(3)40-9-11-41(12-10-40)55-37(4)61-34-77-55)51-28-52(65-76-51)67-23-18-38(19-24-67)29-66-21-16-39(17-22-66)33-75-53-25-42(15-20-60-53)70-43-13-14-44(70)31-68(30-43)48-27-47(63-64-56(48)59)46-7-5-6-8-50(46)72/h5-12,15,20,25,27-28,34-36,38-39,43-45,49,54,71-72H,13-14,16-19,21-24,26,29-33H2,1-4H3,(H2,59,64)(H,62,73)/t36-,43?,44?,45+,49-,54+/m0/s1. The third kappa shape index (κ3) is 11.3. The van der Waals surface area contributed by atoms with Crippen molar-refractivity contribution in [1.29, 1.82) is 0 Å². The maximum atomic E-state index is 14.4. The first-order valence-corrected chi connectivity index (χ1v) is 28.5. The molecule has 0 radical (unpaired) electrons. The number of para-hydroxylation sites is 1. The van der Waals surface area contributed by atoms with Crippen molar-refractivity contribution in [3.8, 4) is 33.3 Å². The molecular formula is C58H72N12O6S. The Bertz CT molecular complexity index is 2990. The van der Waals surface area contributed by atoms with Crippen LogP contribution >= 0.6 is 11.3 Å². The molecule has 5 aliphatic heterocycles. The molecular weight excluding hydrogens is 993 g/mol. The molecule has 6 atom stereocenters. The molecule has 406 valence electrons. The number of carbonyl (C=O) groups excluding carboxylic acids is 2. The number of phenols is 1. The van der Waals surface area contributed by atoms with Gasteiger partial charge in [-0.05, 0) is 119 Å². The molecule has 2 aromatic carbocycles. The molecule has 0 spiro atoms. The number of aliphatic hydroxyl groups excluding tert-OH is 1. The van der Waals surface area contributed by atoms with Crippen LogP contribution in [0, 0.1) is 24.7 Å². The Kier molecular flexibility index (Phi) is 15.4. The summed E-state index contributed by atoms with van der Waals surface area (Å²) in [5.41, 5.74) is 14.5. The number of ether oxygens (including phenoxy) is 1. The molecule has 77 heavy (non-hydrogen) atoms. The van der Waals surface area contributed by atoms with E-state index in [4.69, 9.17) is 15.0 Å². The van der Waals surface area contributed by atoms with Crippen molar-refractivity contribution in [1.82, 2.24) is 40.4 Å². The van der Waals surface area contributed by atoms with Crippen LogP contribution in [0.15, 0.2) is 89.0 Å². The Labute approximate surface area is 454 Å². The van der Waals surface area contributed by atoms with Crippen LogP contribution in [-0.4, -0.2) is 140 Å². The summed E-state index contributed by atoms with van der Waals surface area (Å²) < 4.78 is 12.4. The summed E-state index contributed by atoms with van der Waals surface area (Å²) in [5, 5.41) is 37.4. The number of rotatable bonds is 16. The van der Waals surface area contributed by atoms with Crippen LogP contribution in [0.3, 0.4) is 0 Å². The number of nitrogens with two attached hydrogens (primary N) is 1. The third-order valence-electron chi connectivity index (χ3n) is 16.8. The van der Waals surface area contributed by atoms with Gasteiger partial charge in [0, 0.05) is 87.4 Å². The van der Waals surface area contributed by atoms with Crippen LogP contribution in [-0.2, 0) is 9.59 Å². The van der Waals surface area contributed by atoms with Crippen LogP contribution in [0.5, 0.6) is 11.6 Å². The number of aromatic hydroxyl groups is 1. The Morgan fingerprint density at radius 1 is 0.870 bits per heavy atom. The van der Waals surface area contributed by atoms with Gasteiger partial charge in [-0.15, -0.1) is 21.5 Å². The molecule has 2 bridgehead atoms. The van der Waals surface area contributed by atoms with Gasteiger partial charge < -0.3 is 55.0 Å². The number of aromatic nitrogens is 5. The second-order valence-corrected chi connectivity index (χ2v) is 23.2. The SMILES string of the molecule is Cc1ncsc1-c1ccc([C@H](C)NC(=O)[C@@H]2C[C@@H](O)CN2C(=O)[C@@H](c2cc(N3CCC(CN4CCC(COc5cc(N6C7CCC6CN(c6cc(-c8ccccc8O)nnc6N)C7)ccn5)CC4)CC3)no2)C(C)C)cc1. The predicted octanol–water partition coefficient (Wildman–Crippen LogP) is 7.69. The second-order valence-electron chi connectivity index (χ2n) is 22.4. The summed E-state index contributed by atoms with van der Waals surface area (Å²) in [6, 6.07) is 22.8. The maximum Gasteiger partial charge on any atom is 0.243 e. The molecule has 11 rings (SSSR count). The number of amides is 2. The van der Waals surface area contributed by atoms with Gasteiger partial charge in [0.25, 0.3) is 0 Å². The molecule has 19 heteroatoms. The summed E-state index contributed by atoms with van der Waals surface area (Å²) in [7, 11) is 0. The van der Waals surface area contributed by atoms with Gasteiger partial charge in [0.15, 0.2) is 17.4 Å². The zero-order valence-electron chi connectivity index (χ0n) is 44.6. The first-order chi connectivity index (χ1) is 37.3. The van der Waals surface area contributed by atoms with Crippen molar-refractivity contribution in [2.45, 2.75) is 109 Å². The number of nitrogens with one attached hydrogen (secondary N) is 1. The highest BCUT2D eigenvalue weighted by atomic mass is 32.1. The second kappa shape index (κ2) is 22.6. The molecule has 2 unspecified atom stereocenters. The molecule has 6 aromatic rings. The summed E-state index contributed by atoms with van der Waals surface area (Å²) in [6.45, 7) is 15.1. The zero-order chi connectivity index (χ0) is 53.3. The van der Waals surface area contributed by atoms with Gasteiger partial charge in [0.05, 0.1) is 46.2 Å². The summed E-state index contributed by atoms with van der Waals surface area (Å²) in [4.78, 5) is 49.6. The number of carbonyl (C=O) groups is 2. The first-order valence-electron chi connectivity index (χ1n) is 27.6. The van der Waals surface area contributed by atoms with Gasteiger partial charge in [-0.3, -0.25) is 9.59 Å². The number of phenolic OH excluding ortho intramolecular Hbond substituents is 1. The summed E-state index contributed by atoms with van der Waals surface area (Å²) in [5.74, 6) is 2.19. The van der Waals surface area contributed by atoms with E-state index < -0.39 is 18.1 Å². The minimum absolute atomic E-state index is 0.0839. The van der Waals surface area contributed by atoms with Crippen molar-refractivity contribution >= 4 is 46.2 Å². The molecule has 2 amide bonds. The number of thiazole rings is 1. The van der Waals surface area contributed by atoms with E-state index in [1.807, 2.05) is 87.9 Å². The van der Waals surface area contributed by atoms with Crippen LogP contribution in [0.1, 0.15) is 94.7 Å². The van der Waals surface area contributed by atoms with Gasteiger partial charge in [0.2, 0.25) is 17.7 Å². The van der Waals surface area contributed by atoms with E-state index in [1.165, 1.54) is 4.90 Å². The van der Waals surface area contributed by atoms with E-state index in [9.17, 15) is 19.8 Å². The molecule has 5 fully saturated rings. The number of likely N-dealkylation sites (tertiary alicyclic amines) is 2. The molecule has 5 saturated heterocycles. The van der Waals surface area contributed by atoms with Crippen molar-refractivity contribution in [3.05, 3.63) is 102 Å². The van der Waals surface area contributed by atoms with Crippen LogP contribution < -0.4 is 30.5 Å². The van der Waals surface area contributed by atoms with Crippen molar-refractivity contribution in [2.24, 2.45) is 17.8 Å². The van der Waals surface area contributed by atoms with E-state index in [-0.39, 0.29) is 42.5 Å². The number of nitrogen functional groups attached to an aromatic ring is 1. The Morgan fingerprint density at radius 3 is 2.32 bits per heavy atom. The molecule has 5 N–H and O–H groups in total. The Hall–Kier alpha value is -6.83. The van der Waals surface area contributed by atoms with Gasteiger partial charge in [0.1, 0.15) is 17.7 Å². The maximum absolute atomic E-state index is 14.4. The number of anilines is 4. The van der Waals surface area contributed by atoms with Crippen LogP contribution in [0.4, 0.5) is 23.0 Å². The number of fused-ring (bicyclic) bond motifs is 2.